The number of hydrogen-bond acceptors (Lipinski definition) is 2. The first-order chi connectivity index (χ1) is 10.7. The molecule has 1 aliphatic rings. The number of carbonyl (C=O) groups is 1. The second-order valence-corrected chi connectivity index (χ2v) is 6.32. The van der Waals surface area contributed by atoms with E-state index in [2.05, 4.69) is 5.32 Å². The first-order valence-corrected chi connectivity index (χ1v) is 8.15. The van der Waals surface area contributed by atoms with Gasteiger partial charge in [-0.05, 0) is 42.7 Å². The summed E-state index contributed by atoms with van der Waals surface area (Å²) in [4.78, 5) is 12.8. The summed E-state index contributed by atoms with van der Waals surface area (Å²) in [6.45, 7) is 0.599. The molecule has 116 valence electrons. The number of nitrogens with one attached hydrogen (secondary N) is 1. The Labute approximate surface area is 135 Å². The second-order valence-electron chi connectivity index (χ2n) is 5.88. The molecule has 1 heterocycles. The lowest BCUT2D eigenvalue weighted by atomic mass is 9.78. The van der Waals surface area contributed by atoms with Crippen molar-refractivity contribution in [3.63, 3.8) is 0 Å². The molecule has 1 aliphatic carbocycles. The Balaban J connectivity index is 1.70. The van der Waals surface area contributed by atoms with Crippen LogP contribution in [0.15, 0.2) is 47.1 Å². The minimum Gasteiger partial charge on any atom is -0.469 e. The number of halogens is 1. The number of rotatable bonds is 5. The van der Waals surface area contributed by atoms with E-state index in [4.69, 9.17) is 16.0 Å². The Morgan fingerprint density at radius 1 is 1.18 bits per heavy atom. The zero-order chi connectivity index (χ0) is 15.4. The van der Waals surface area contributed by atoms with Crippen molar-refractivity contribution in [1.29, 1.82) is 0 Å². The molecule has 1 amide bonds. The van der Waals surface area contributed by atoms with Crippen LogP contribution in [0.25, 0.3) is 0 Å². The SMILES string of the molecule is O=C(NCCc1ccco1)C1(c2ccc(Cl)cc2)CCCC1. The molecule has 0 unspecified atom stereocenters. The Morgan fingerprint density at radius 2 is 1.91 bits per heavy atom. The van der Waals surface area contributed by atoms with Gasteiger partial charge >= 0.3 is 0 Å². The molecule has 0 saturated heterocycles. The third-order valence-corrected chi connectivity index (χ3v) is 4.78. The van der Waals surface area contributed by atoms with Gasteiger partial charge in [0, 0.05) is 18.0 Å². The number of furan rings is 1. The molecule has 22 heavy (non-hydrogen) atoms. The van der Waals surface area contributed by atoms with Crippen LogP contribution >= 0.6 is 11.6 Å². The van der Waals surface area contributed by atoms with Crippen molar-refractivity contribution in [3.05, 3.63) is 59.0 Å². The summed E-state index contributed by atoms with van der Waals surface area (Å²) in [6, 6.07) is 11.5. The van der Waals surface area contributed by atoms with Crippen LogP contribution in [0.2, 0.25) is 5.02 Å². The van der Waals surface area contributed by atoms with Crippen LogP contribution < -0.4 is 5.32 Å². The van der Waals surface area contributed by atoms with E-state index in [0.717, 1.165) is 43.4 Å². The molecular formula is C18H20ClNO2. The maximum atomic E-state index is 12.8. The number of amides is 1. The molecule has 4 heteroatoms. The fourth-order valence-corrected chi connectivity index (χ4v) is 3.44. The van der Waals surface area contributed by atoms with Gasteiger partial charge in [-0.15, -0.1) is 0 Å². The van der Waals surface area contributed by atoms with Gasteiger partial charge in [0.05, 0.1) is 11.7 Å². The molecule has 0 radical (unpaired) electrons. The van der Waals surface area contributed by atoms with E-state index in [0.29, 0.717) is 11.6 Å². The van der Waals surface area contributed by atoms with E-state index < -0.39 is 5.41 Å². The molecule has 0 atom stereocenters. The van der Waals surface area contributed by atoms with E-state index in [1.807, 2.05) is 36.4 Å². The highest BCUT2D eigenvalue weighted by Gasteiger charge is 2.42. The lowest BCUT2D eigenvalue weighted by Gasteiger charge is -2.28. The minimum atomic E-state index is -0.395. The molecule has 0 aliphatic heterocycles. The van der Waals surface area contributed by atoms with Crippen LogP contribution in [0.5, 0.6) is 0 Å². The quantitative estimate of drug-likeness (QED) is 0.902. The average molecular weight is 318 g/mol. The molecule has 2 aromatic rings. The zero-order valence-electron chi connectivity index (χ0n) is 12.5. The predicted molar refractivity (Wildman–Crippen MR) is 87.0 cm³/mol. The lowest BCUT2D eigenvalue weighted by molar-refractivity contribution is -0.126. The standard InChI is InChI=1S/C18H20ClNO2/c19-15-7-5-14(6-8-15)18(10-1-2-11-18)17(21)20-12-9-16-4-3-13-22-16/h3-8,13H,1-2,9-12H2,(H,20,21). The van der Waals surface area contributed by atoms with Gasteiger partial charge in [0.1, 0.15) is 5.76 Å². The van der Waals surface area contributed by atoms with Gasteiger partial charge in [-0.2, -0.15) is 0 Å². The van der Waals surface area contributed by atoms with Crippen LogP contribution in [0.4, 0.5) is 0 Å². The van der Waals surface area contributed by atoms with E-state index in [-0.39, 0.29) is 5.91 Å². The zero-order valence-corrected chi connectivity index (χ0v) is 13.2. The first kappa shape index (κ1) is 15.2. The summed E-state index contributed by atoms with van der Waals surface area (Å²) in [5.41, 5.74) is 0.679. The lowest BCUT2D eigenvalue weighted by Crippen LogP contribution is -2.43. The Morgan fingerprint density at radius 3 is 2.55 bits per heavy atom. The maximum Gasteiger partial charge on any atom is 0.230 e. The van der Waals surface area contributed by atoms with Crippen molar-refractivity contribution in [1.82, 2.24) is 5.32 Å². The normalized spacial score (nSPS) is 16.6. The summed E-state index contributed by atoms with van der Waals surface area (Å²) in [7, 11) is 0. The Bertz CT molecular complexity index is 613. The van der Waals surface area contributed by atoms with Crippen LogP contribution in [0.1, 0.15) is 37.0 Å². The van der Waals surface area contributed by atoms with Gasteiger partial charge < -0.3 is 9.73 Å². The molecule has 3 nitrogen and oxygen atoms in total. The number of benzene rings is 1. The Hall–Kier alpha value is -1.74. The highest BCUT2D eigenvalue weighted by molar-refractivity contribution is 6.30. The molecule has 3 rings (SSSR count). The smallest absolute Gasteiger partial charge is 0.230 e. The van der Waals surface area contributed by atoms with E-state index in [1.165, 1.54) is 0 Å². The van der Waals surface area contributed by atoms with Crippen molar-refractivity contribution >= 4 is 17.5 Å². The van der Waals surface area contributed by atoms with Crippen molar-refractivity contribution in [3.8, 4) is 0 Å². The average Bonchev–Trinajstić information content (AvgIpc) is 3.20. The van der Waals surface area contributed by atoms with Crippen LogP contribution in [0, 0.1) is 0 Å². The van der Waals surface area contributed by atoms with Crippen LogP contribution in [-0.2, 0) is 16.6 Å². The van der Waals surface area contributed by atoms with E-state index in [1.54, 1.807) is 6.26 Å². The van der Waals surface area contributed by atoms with Gasteiger partial charge in [-0.3, -0.25) is 4.79 Å². The number of hydrogen-bond donors (Lipinski definition) is 1. The third-order valence-electron chi connectivity index (χ3n) is 4.53. The van der Waals surface area contributed by atoms with Gasteiger partial charge in [0.25, 0.3) is 0 Å². The summed E-state index contributed by atoms with van der Waals surface area (Å²) >= 11 is 5.97. The molecule has 1 saturated carbocycles. The Kier molecular flexibility index (Phi) is 4.53. The van der Waals surface area contributed by atoms with E-state index >= 15 is 0 Å². The van der Waals surface area contributed by atoms with Gasteiger partial charge in [0.2, 0.25) is 5.91 Å². The molecule has 1 aromatic carbocycles. The molecule has 0 bridgehead atoms. The van der Waals surface area contributed by atoms with Crippen LogP contribution in [-0.4, -0.2) is 12.5 Å². The predicted octanol–water partition coefficient (Wildman–Crippen LogP) is 4.10. The second kappa shape index (κ2) is 6.57. The highest BCUT2D eigenvalue weighted by atomic mass is 35.5. The summed E-state index contributed by atoms with van der Waals surface area (Å²) in [5.74, 6) is 1.02. The first-order valence-electron chi connectivity index (χ1n) is 7.77. The molecule has 1 fully saturated rings. The molecule has 1 N–H and O–H groups in total. The highest BCUT2D eigenvalue weighted by Crippen LogP contribution is 2.41. The van der Waals surface area contributed by atoms with Crippen LogP contribution in [0.3, 0.4) is 0 Å². The minimum absolute atomic E-state index is 0.124. The maximum absolute atomic E-state index is 12.8. The topological polar surface area (TPSA) is 42.2 Å². The summed E-state index contributed by atoms with van der Waals surface area (Å²) < 4.78 is 5.30. The monoisotopic (exact) mass is 317 g/mol. The largest absolute Gasteiger partial charge is 0.469 e. The van der Waals surface area contributed by atoms with Crippen molar-refractivity contribution in [2.75, 3.05) is 6.54 Å². The van der Waals surface area contributed by atoms with E-state index in [9.17, 15) is 4.79 Å². The summed E-state index contributed by atoms with van der Waals surface area (Å²) in [6.07, 6.45) is 6.36. The van der Waals surface area contributed by atoms with Crippen molar-refractivity contribution < 1.29 is 9.21 Å². The third kappa shape index (κ3) is 3.05. The molecule has 1 aromatic heterocycles. The van der Waals surface area contributed by atoms with Crippen molar-refractivity contribution in [2.24, 2.45) is 0 Å². The van der Waals surface area contributed by atoms with Gasteiger partial charge in [-0.25, -0.2) is 0 Å². The molecule has 0 spiro atoms. The molecular weight excluding hydrogens is 298 g/mol. The van der Waals surface area contributed by atoms with Gasteiger partial charge in [-0.1, -0.05) is 36.6 Å². The number of carbonyl (C=O) groups excluding carboxylic acids is 1. The fraction of sp³-hybridized carbons (Fsp3) is 0.389. The van der Waals surface area contributed by atoms with Gasteiger partial charge in [0.15, 0.2) is 0 Å². The van der Waals surface area contributed by atoms with Crippen molar-refractivity contribution in [2.45, 2.75) is 37.5 Å². The summed E-state index contributed by atoms with van der Waals surface area (Å²) in [5, 5.41) is 3.79. The fourth-order valence-electron chi connectivity index (χ4n) is 3.32.